The van der Waals surface area contributed by atoms with Gasteiger partial charge in [-0.15, -0.1) is 0 Å². The van der Waals surface area contributed by atoms with Crippen molar-refractivity contribution in [3.05, 3.63) is 35.0 Å². The lowest BCUT2D eigenvalue weighted by Crippen LogP contribution is -2.31. The van der Waals surface area contributed by atoms with Crippen molar-refractivity contribution in [2.75, 3.05) is 51.0 Å². The van der Waals surface area contributed by atoms with Crippen LogP contribution in [0.2, 0.25) is 0 Å². The van der Waals surface area contributed by atoms with Gasteiger partial charge in [0.2, 0.25) is 5.95 Å². The molecule has 0 saturated carbocycles. The zero-order chi connectivity index (χ0) is 21.8. The van der Waals surface area contributed by atoms with Crippen molar-refractivity contribution < 1.29 is 9.53 Å². The Labute approximate surface area is 182 Å². The Kier molecular flexibility index (Phi) is 6.53. The molecule has 0 unspecified atom stereocenters. The molecular formula is C22H31N7O2. The van der Waals surface area contributed by atoms with Crippen LogP contribution in [-0.2, 0) is 13.0 Å². The number of fused-ring (bicyclic) bond motifs is 1. The second kappa shape index (κ2) is 9.49. The van der Waals surface area contributed by atoms with Crippen molar-refractivity contribution in [3.8, 4) is 5.75 Å². The minimum atomic E-state index is -0.547. The van der Waals surface area contributed by atoms with Crippen LogP contribution in [0, 0.1) is 5.92 Å². The lowest BCUT2D eigenvalue weighted by molar-refractivity contribution is 0.100. The van der Waals surface area contributed by atoms with Crippen molar-refractivity contribution in [2.45, 2.75) is 25.8 Å². The van der Waals surface area contributed by atoms with Gasteiger partial charge in [-0.1, -0.05) is 0 Å². The smallest absolute Gasteiger partial charge is 0.254 e. The van der Waals surface area contributed by atoms with Crippen LogP contribution in [0.3, 0.4) is 0 Å². The van der Waals surface area contributed by atoms with Crippen LogP contribution in [-0.4, -0.2) is 61.1 Å². The number of piperidine rings is 1. The number of amides is 1. The average molecular weight is 426 g/mol. The molecule has 0 atom stereocenters. The van der Waals surface area contributed by atoms with E-state index >= 15 is 0 Å². The van der Waals surface area contributed by atoms with E-state index < -0.39 is 5.91 Å². The number of nitrogens with one attached hydrogen (secondary N) is 3. The third kappa shape index (κ3) is 5.05. The third-order valence-electron chi connectivity index (χ3n) is 6.04. The zero-order valence-electron chi connectivity index (χ0n) is 18.2. The summed E-state index contributed by atoms with van der Waals surface area (Å²) in [6.07, 6.45) is 4.66. The molecule has 1 aromatic heterocycles. The van der Waals surface area contributed by atoms with E-state index in [1.54, 1.807) is 7.11 Å². The van der Waals surface area contributed by atoms with E-state index in [0.717, 1.165) is 63.4 Å². The maximum Gasteiger partial charge on any atom is 0.254 e. The van der Waals surface area contributed by atoms with Gasteiger partial charge in [-0.05, 0) is 68.6 Å². The molecule has 9 nitrogen and oxygen atoms in total. The Bertz CT molecular complexity index is 944. The minimum absolute atomic E-state index is 0.290. The normalized spacial score (nSPS) is 17.1. The molecule has 2 aliphatic heterocycles. The summed E-state index contributed by atoms with van der Waals surface area (Å²) in [6.45, 7) is 4.69. The summed E-state index contributed by atoms with van der Waals surface area (Å²) in [4.78, 5) is 23.0. The van der Waals surface area contributed by atoms with Crippen molar-refractivity contribution in [2.24, 2.45) is 11.7 Å². The van der Waals surface area contributed by atoms with Gasteiger partial charge >= 0.3 is 0 Å². The number of benzene rings is 1. The molecule has 0 aliphatic carbocycles. The number of methoxy groups -OCH3 is 1. The first-order valence-electron chi connectivity index (χ1n) is 10.8. The van der Waals surface area contributed by atoms with Gasteiger partial charge in [-0.3, -0.25) is 4.79 Å². The fourth-order valence-electron chi connectivity index (χ4n) is 4.20. The van der Waals surface area contributed by atoms with Gasteiger partial charge in [0.25, 0.3) is 5.91 Å². The summed E-state index contributed by atoms with van der Waals surface area (Å²) in [6, 6.07) is 4.18. The fraction of sp³-hybridized carbons (Fsp3) is 0.500. The number of likely N-dealkylation sites (N-methyl/N-ethyl adjacent to an activating group) is 1. The fourth-order valence-corrected chi connectivity index (χ4v) is 4.20. The number of primary amides is 1. The van der Waals surface area contributed by atoms with Crippen LogP contribution in [0.25, 0.3) is 0 Å². The first kappa shape index (κ1) is 21.3. The van der Waals surface area contributed by atoms with Crippen LogP contribution in [0.5, 0.6) is 5.75 Å². The molecule has 1 fully saturated rings. The van der Waals surface area contributed by atoms with E-state index in [1.807, 2.05) is 0 Å². The zero-order valence-corrected chi connectivity index (χ0v) is 18.2. The lowest BCUT2D eigenvalue weighted by Gasteiger charge is -2.26. The highest BCUT2D eigenvalue weighted by Gasteiger charge is 2.19. The quantitative estimate of drug-likeness (QED) is 0.530. The maximum absolute atomic E-state index is 11.9. The molecule has 31 heavy (non-hydrogen) atoms. The predicted octanol–water partition coefficient (Wildman–Crippen LogP) is 1.73. The van der Waals surface area contributed by atoms with Crippen molar-refractivity contribution in [1.82, 2.24) is 20.2 Å². The van der Waals surface area contributed by atoms with Gasteiger partial charge < -0.3 is 31.3 Å². The topological polar surface area (TPSA) is 117 Å². The van der Waals surface area contributed by atoms with Gasteiger partial charge in [0.1, 0.15) is 11.6 Å². The second-order valence-corrected chi connectivity index (χ2v) is 8.33. The standard InChI is InChI=1S/C22H31N7O2/c1-29-8-5-15-10-19(31-2)18(9-16(15)13-29)27-22-26-12-17(20(23)30)21(28-22)25-11-14-3-6-24-7-4-14/h9-10,12,14,24H,3-8,11,13H2,1-2H3,(H2,23,30)(H2,25,26,27,28). The summed E-state index contributed by atoms with van der Waals surface area (Å²) < 4.78 is 5.60. The molecule has 0 bridgehead atoms. The molecule has 9 heteroatoms. The molecule has 1 aromatic carbocycles. The Hall–Kier alpha value is -2.91. The number of anilines is 3. The van der Waals surface area contributed by atoms with Crippen LogP contribution in [0.4, 0.5) is 17.5 Å². The van der Waals surface area contributed by atoms with Crippen LogP contribution in [0.1, 0.15) is 34.3 Å². The first-order valence-corrected chi connectivity index (χ1v) is 10.8. The number of carbonyl (C=O) groups is 1. The summed E-state index contributed by atoms with van der Waals surface area (Å²) in [5.74, 6) is 1.58. The van der Waals surface area contributed by atoms with Gasteiger partial charge in [-0.2, -0.15) is 4.98 Å². The molecule has 2 aromatic rings. The molecular weight excluding hydrogens is 394 g/mol. The number of ether oxygens (including phenoxy) is 1. The van der Waals surface area contributed by atoms with Gasteiger partial charge in [0, 0.05) is 25.8 Å². The van der Waals surface area contributed by atoms with E-state index in [0.29, 0.717) is 23.2 Å². The molecule has 4 rings (SSSR count). The minimum Gasteiger partial charge on any atom is -0.495 e. The van der Waals surface area contributed by atoms with E-state index in [9.17, 15) is 4.79 Å². The van der Waals surface area contributed by atoms with Crippen LogP contribution >= 0.6 is 0 Å². The summed E-state index contributed by atoms with van der Waals surface area (Å²) in [5.41, 5.74) is 9.20. The molecule has 2 aliphatic rings. The Balaban J connectivity index is 1.56. The highest BCUT2D eigenvalue weighted by Crippen LogP contribution is 2.33. The number of nitrogens with zero attached hydrogens (tertiary/aromatic N) is 3. The highest BCUT2D eigenvalue weighted by molar-refractivity contribution is 5.97. The van der Waals surface area contributed by atoms with Crippen molar-refractivity contribution in [3.63, 3.8) is 0 Å². The van der Waals surface area contributed by atoms with Crippen LogP contribution < -0.4 is 26.4 Å². The van der Waals surface area contributed by atoms with Crippen LogP contribution in [0.15, 0.2) is 18.3 Å². The Morgan fingerprint density at radius 2 is 2.13 bits per heavy atom. The molecule has 1 saturated heterocycles. The second-order valence-electron chi connectivity index (χ2n) is 8.33. The number of carbonyl (C=O) groups excluding carboxylic acids is 1. The third-order valence-corrected chi connectivity index (χ3v) is 6.04. The van der Waals surface area contributed by atoms with E-state index in [1.165, 1.54) is 17.3 Å². The lowest BCUT2D eigenvalue weighted by atomic mass is 9.98. The van der Waals surface area contributed by atoms with E-state index in [4.69, 9.17) is 10.5 Å². The number of hydrogen-bond acceptors (Lipinski definition) is 8. The summed E-state index contributed by atoms with van der Waals surface area (Å²) >= 11 is 0. The summed E-state index contributed by atoms with van der Waals surface area (Å²) in [7, 11) is 3.77. The molecule has 0 spiro atoms. The molecule has 5 N–H and O–H groups in total. The molecule has 166 valence electrons. The van der Waals surface area contributed by atoms with Crippen molar-refractivity contribution in [1.29, 1.82) is 0 Å². The number of aromatic nitrogens is 2. The highest BCUT2D eigenvalue weighted by atomic mass is 16.5. The molecule has 3 heterocycles. The Morgan fingerprint density at radius 3 is 2.87 bits per heavy atom. The van der Waals surface area contributed by atoms with E-state index in [2.05, 4.69) is 50.0 Å². The summed E-state index contributed by atoms with van der Waals surface area (Å²) in [5, 5.41) is 9.94. The number of hydrogen-bond donors (Lipinski definition) is 4. The molecule has 1 amide bonds. The first-order chi connectivity index (χ1) is 15.0. The van der Waals surface area contributed by atoms with Crippen molar-refractivity contribution >= 4 is 23.4 Å². The number of rotatable bonds is 7. The largest absolute Gasteiger partial charge is 0.495 e. The maximum atomic E-state index is 11.9. The van der Waals surface area contributed by atoms with Gasteiger partial charge in [-0.25, -0.2) is 4.98 Å². The monoisotopic (exact) mass is 425 g/mol. The number of nitrogens with two attached hydrogens (primary N) is 1. The SMILES string of the molecule is COc1cc2c(cc1Nc1ncc(C(N)=O)c(NCC3CCNCC3)n1)CN(C)CC2. The average Bonchev–Trinajstić information content (AvgIpc) is 2.78. The van der Waals surface area contributed by atoms with E-state index in [-0.39, 0.29) is 0 Å². The Morgan fingerprint density at radius 1 is 1.32 bits per heavy atom. The predicted molar refractivity (Wildman–Crippen MR) is 121 cm³/mol. The molecule has 0 radical (unpaired) electrons. The van der Waals surface area contributed by atoms with Gasteiger partial charge in [0.05, 0.1) is 18.4 Å². The van der Waals surface area contributed by atoms with Gasteiger partial charge in [0.15, 0.2) is 0 Å².